The van der Waals surface area contributed by atoms with E-state index < -0.39 is 0 Å². The summed E-state index contributed by atoms with van der Waals surface area (Å²) in [6.45, 7) is 2.43. The van der Waals surface area contributed by atoms with E-state index >= 15 is 0 Å². The number of fused-ring (bicyclic) bond motifs is 1. The average Bonchev–Trinajstić information content (AvgIpc) is 3.11. The predicted octanol–water partition coefficient (Wildman–Crippen LogP) is 1.86. The number of nitrogen functional groups attached to an aromatic ring is 1. The quantitative estimate of drug-likeness (QED) is 0.719. The normalized spacial score (nSPS) is 11.0. The van der Waals surface area contributed by atoms with Crippen molar-refractivity contribution >= 4 is 22.9 Å². The number of amides is 1. The van der Waals surface area contributed by atoms with Gasteiger partial charge in [0.05, 0.1) is 6.42 Å². The van der Waals surface area contributed by atoms with Gasteiger partial charge in [0.15, 0.2) is 0 Å². The maximum atomic E-state index is 12.2. The zero-order valence-electron chi connectivity index (χ0n) is 12.8. The monoisotopic (exact) mass is 314 g/mol. The van der Waals surface area contributed by atoms with Gasteiger partial charge in [0.2, 0.25) is 11.8 Å². The number of anilines is 1. The predicted molar refractivity (Wildman–Crippen MR) is 84.7 cm³/mol. The Labute approximate surface area is 132 Å². The van der Waals surface area contributed by atoms with Gasteiger partial charge in [-0.25, -0.2) is 0 Å². The molecule has 2 aromatic heterocycles. The molecule has 0 fully saturated rings. The lowest BCUT2D eigenvalue weighted by Crippen LogP contribution is -2.27. The van der Waals surface area contributed by atoms with Crippen molar-refractivity contribution < 1.29 is 13.6 Å². The molecule has 23 heavy (non-hydrogen) atoms. The molecular weight excluding hydrogens is 296 g/mol. The van der Waals surface area contributed by atoms with Gasteiger partial charge in [-0.1, -0.05) is 30.2 Å². The van der Waals surface area contributed by atoms with E-state index in [1.54, 1.807) is 0 Å². The van der Waals surface area contributed by atoms with Crippen LogP contribution in [0.5, 0.6) is 0 Å². The number of carbonyl (C=O) groups is 1. The minimum absolute atomic E-state index is 0.0313. The van der Waals surface area contributed by atoms with Gasteiger partial charge in [-0.2, -0.15) is 0 Å². The zero-order chi connectivity index (χ0) is 16.2. The molecule has 0 bridgehead atoms. The largest absolute Gasteiger partial charge is 0.461 e. The third kappa shape index (κ3) is 3.33. The smallest absolute Gasteiger partial charge is 0.312 e. The van der Waals surface area contributed by atoms with Crippen LogP contribution in [0.25, 0.3) is 11.0 Å². The molecular formula is C16H18N4O3. The minimum atomic E-state index is -0.0706. The Morgan fingerprint density at radius 3 is 2.83 bits per heavy atom. The van der Waals surface area contributed by atoms with Gasteiger partial charge in [0.25, 0.3) is 0 Å². The van der Waals surface area contributed by atoms with Crippen molar-refractivity contribution in [1.82, 2.24) is 15.5 Å². The fraction of sp³-hybridized carbons (Fsp3) is 0.312. The number of furan rings is 1. The number of aryl methyl sites for hydroxylation is 1. The first-order valence-electron chi connectivity index (χ1n) is 7.51. The molecule has 0 radical (unpaired) electrons. The molecule has 3 aromatic rings. The van der Waals surface area contributed by atoms with E-state index in [2.05, 4.69) is 15.5 Å². The number of nitrogens with one attached hydrogen (secondary N) is 1. The number of hydrogen-bond donors (Lipinski definition) is 2. The Bertz CT molecular complexity index is 822. The molecule has 0 aliphatic rings. The van der Waals surface area contributed by atoms with Crippen molar-refractivity contribution in [2.24, 2.45) is 0 Å². The maximum Gasteiger partial charge on any atom is 0.312 e. The van der Waals surface area contributed by atoms with Crippen LogP contribution in [0, 0.1) is 0 Å². The molecule has 3 rings (SSSR count). The topological polar surface area (TPSA) is 107 Å². The third-order valence-electron chi connectivity index (χ3n) is 3.58. The van der Waals surface area contributed by atoms with Crippen molar-refractivity contribution in [3.63, 3.8) is 0 Å². The SMILES string of the molecule is CCc1oc2ccccc2c1CC(=O)NCCc1nnc(N)o1. The highest BCUT2D eigenvalue weighted by molar-refractivity contribution is 5.88. The first-order chi connectivity index (χ1) is 11.2. The molecule has 0 aliphatic carbocycles. The molecule has 0 aliphatic heterocycles. The van der Waals surface area contributed by atoms with Gasteiger partial charge in [-0.05, 0) is 6.07 Å². The molecule has 3 N–H and O–H groups in total. The molecule has 0 saturated heterocycles. The van der Waals surface area contributed by atoms with E-state index in [1.165, 1.54) is 0 Å². The Morgan fingerprint density at radius 1 is 1.26 bits per heavy atom. The highest BCUT2D eigenvalue weighted by Crippen LogP contribution is 2.26. The van der Waals surface area contributed by atoms with Crippen LogP contribution in [0.15, 0.2) is 33.1 Å². The van der Waals surface area contributed by atoms with E-state index in [0.717, 1.165) is 28.7 Å². The van der Waals surface area contributed by atoms with Gasteiger partial charge in [0, 0.05) is 30.3 Å². The zero-order valence-corrected chi connectivity index (χ0v) is 12.8. The van der Waals surface area contributed by atoms with Crippen LogP contribution in [0.4, 0.5) is 6.01 Å². The molecule has 1 aromatic carbocycles. The summed E-state index contributed by atoms with van der Waals surface area (Å²) in [4.78, 5) is 12.2. The van der Waals surface area contributed by atoms with Gasteiger partial charge in [-0.3, -0.25) is 4.79 Å². The number of hydrogen-bond acceptors (Lipinski definition) is 6. The summed E-state index contributed by atoms with van der Waals surface area (Å²) in [5, 5.41) is 11.2. The first kappa shape index (κ1) is 15.1. The van der Waals surface area contributed by atoms with E-state index in [1.807, 2.05) is 31.2 Å². The highest BCUT2D eigenvalue weighted by Gasteiger charge is 2.15. The summed E-state index contributed by atoms with van der Waals surface area (Å²) in [5.74, 6) is 1.19. The van der Waals surface area contributed by atoms with E-state index in [9.17, 15) is 4.79 Å². The average molecular weight is 314 g/mol. The number of rotatable bonds is 6. The molecule has 0 spiro atoms. The molecule has 1 amide bonds. The summed E-state index contributed by atoms with van der Waals surface area (Å²) in [6, 6.07) is 7.78. The Balaban J connectivity index is 1.63. The van der Waals surface area contributed by atoms with E-state index in [0.29, 0.717) is 18.9 Å². The van der Waals surface area contributed by atoms with Gasteiger partial charge in [-0.15, -0.1) is 5.10 Å². The Morgan fingerprint density at radius 2 is 2.09 bits per heavy atom. The van der Waals surface area contributed by atoms with Crippen LogP contribution in [0.3, 0.4) is 0 Å². The minimum Gasteiger partial charge on any atom is -0.461 e. The lowest BCUT2D eigenvalue weighted by atomic mass is 10.1. The molecule has 2 heterocycles. The standard InChI is InChI=1S/C16H18N4O3/c1-2-12-11(10-5-3-4-6-13(10)22-12)9-14(21)18-8-7-15-19-20-16(17)23-15/h3-6H,2,7-9H2,1H3,(H2,17,20)(H,18,21). The number of carbonyl (C=O) groups excluding carboxylic acids is 1. The summed E-state index contributed by atoms with van der Waals surface area (Å²) < 4.78 is 10.9. The van der Waals surface area contributed by atoms with Crippen molar-refractivity contribution in [1.29, 1.82) is 0 Å². The second kappa shape index (κ2) is 6.51. The van der Waals surface area contributed by atoms with E-state index in [-0.39, 0.29) is 18.3 Å². The number of benzene rings is 1. The van der Waals surface area contributed by atoms with Crippen LogP contribution >= 0.6 is 0 Å². The van der Waals surface area contributed by atoms with Crippen molar-refractivity contribution in [2.75, 3.05) is 12.3 Å². The molecule has 7 heteroatoms. The number of nitrogens with two attached hydrogens (primary N) is 1. The lowest BCUT2D eigenvalue weighted by Gasteiger charge is -2.04. The molecule has 0 unspecified atom stereocenters. The van der Waals surface area contributed by atoms with Crippen LogP contribution in [0.2, 0.25) is 0 Å². The lowest BCUT2D eigenvalue weighted by molar-refractivity contribution is -0.120. The first-order valence-corrected chi connectivity index (χ1v) is 7.51. The summed E-state index contributed by atoms with van der Waals surface area (Å²) >= 11 is 0. The van der Waals surface area contributed by atoms with Crippen molar-refractivity contribution in [3.8, 4) is 0 Å². The van der Waals surface area contributed by atoms with Crippen LogP contribution < -0.4 is 11.1 Å². The van der Waals surface area contributed by atoms with Gasteiger partial charge >= 0.3 is 6.01 Å². The van der Waals surface area contributed by atoms with Gasteiger partial charge < -0.3 is 19.9 Å². The second-order valence-corrected chi connectivity index (χ2v) is 5.16. The van der Waals surface area contributed by atoms with Crippen LogP contribution in [0.1, 0.15) is 24.1 Å². The number of nitrogens with zero attached hydrogens (tertiary/aromatic N) is 2. The molecule has 120 valence electrons. The maximum absolute atomic E-state index is 12.2. The molecule has 7 nitrogen and oxygen atoms in total. The molecule has 0 saturated carbocycles. The van der Waals surface area contributed by atoms with Crippen LogP contribution in [-0.4, -0.2) is 22.6 Å². The van der Waals surface area contributed by atoms with Crippen LogP contribution in [-0.2, 0) is 24.1 Å². The Kier molecular flexibility index (Phi) is 4.27. The second-order valence-electron chi connectivity index (χ2n) is 5.16. The number of para-hydroxylation sites is 1. The summed E-state index contributed by atoms with van der Waals surface area (Å²) in [7, 11) is 0. The summed E-state index contributed by atoms with van der Waals surface area (Å²) in [6.07, 6.45) is 1.48. The number of aromatic nitrogens is 2. The van der Waals surface area contributed by atoms with Crippen molar-refractivity contribution in [2.45, 2.75) is 26.2 Å². The van der Waals surface area contributed by atoms with Crippen molar-refractivity contribution in [3.05, 3.63) is 41.5 Å². The highest BCUT2D eigenvalue weighted by atomic mass is 16.4. The van der Waals surface area contributed by atoms with Gasteiger partial charge in [0.1, 0.15) is 11.3 Å². The fourth-order valence-corrected chi connectivity index (χ4v) is 2.53. The van der Waals surface area contributed by atoms with E-state index in [4.69, 9.17) is 14.6 Å². The molecule has 0 atom stereocenters. The fourth-order valence-electron chi connectivity index (χ4n) is 2.53. The third-order valence-corrected chi connectivity index (χ3v) is 3.58. The summed E-state index contributed by atoms with van der Waals surface area (Å²) in [5.41, 5.74) is 7.11. The Hall–Kier alpha value is -2.83.